The van der Waals surface area contributed by atoms with E-state index >= 15 is 0 Å². The quantitative estimate of drug-likeness (QED) is 0.358. The van der Waals surface area contributed by atoms with E-state index < -0.39 is 24.0 Å². The summed E-state index contributed by atoms with van der Waals surface area (Å²) in [6, 6.07) is 8.93. The predicted molar refractivity (Wildman–Crippen MR) is 132 cm³/mol. The van der Waals surface area contributed by atoms with Gasteiger partial charge < -0.3 is 20.5 Å². The highest BCUT2D eigenvalue weighted by Crippen LogP contribution is 2.38. The molecule has 0 radical (unpaired) electrons. The molecule has 0 bridgehead atoms. The van der Waals surface area contributed by atoms with Gasteiger partial charge in [0.2, 0.25) is 0 Å². The van der Waals surface area contributed by atoms with Gasteiger partial charge in [-0.25, -0.2) is 14.4 Å². The minimum absolute atomic E-state index is 0.0677. The molecule has 1 aliphatic heterocycles. The average molecular weight is 544 g/mol. The standard InChI is InChI=1S/C24H23F3N8O4/c1-2-34-19-15(35(38-23(37)24(25,26)27)22(36)14-8-10-29-11-9-14)12-30-16(13-6-4-3-5-7-13)17(19)31-21(34)18-20(28)33-39-32-18/h3-7,12,14,29H,2,8-11H2,1H3,(H2,28,33). The average Bonchev–Trinajstić information content (AvgIpc) is 3.54. The number of halogens is 3. The number of hydroxylamine groups is 1. The van der Waals surface area contributed by atoms with Crippen molar-refractivity contribution in [1.82, 2.24) is 30.2 Å². The summed E-state index contributed by atoms with van der Waals surface area (Å²) in [5, 5.41) is 10.9. The Morgan fingerprint density at radius 3 is 2.51 bits per heavy atom. The summed E-state index contributed by atoms with van der Waals surface area (Å²) in [4.78, 5) is 39.4. The van der Waals surface area contributed by atoms with Crippen molar-refractivity contribution >= 4 is 34.4 Å². The zero-order valence-electron chi connectivity index (χ0n) is 20.6. The van der Waals surface area contributed by atoms with E-state index in [1.165, 1.54) is 6.20 Å². The fraction of sp³-hybridized carbons (Fsp3) is 0.333. The van der Waals surface area contributed by atoms with Crippen molar-refractivity contribution in [3.8, 4) is 22.8 Å². The number of aromatic nitrogens is 5. The molecule has 0 atom stereocenters. The van der Waals surface area contributed by atoms with E-state index in [1.807, 2.05) is 6.07 Å². The highest BCUT2D eigenvalue weighted by molar-refractivity contribution is 6.06. The first kappa shape index (κ1) is 26.1. The van der Waals surface area contributed by atoms with Crippen LogP contribution in [0, 0.1) is 5.92 Å². The number of pyridine rings is 1. The van der Waals surface area contributed by atoms with E-state index in [2.05, 4.69) is 25.6 Å². The Morgan fingerprint density at radius 1 is 1.18 bits per heavy atom. The Labute approximate surface area is 218 Å². The number of nitrogens with two attached hydrogens (primary N) is 1. The van der Waals surface area contributed by atoms with Crippen LogP contribution in [0.1, 0.15) is 19.8 Å². The fourth-order valence-electron chi connectivity index (χ4n) is 4.50. The molecule has 4 aromatic rings. The number of piperidine rings is 1. The van der Waals surface area contributed by atoms with Crippen molar-refractivity contribution in [3.05, 3.63) is 36.5 Å². The van der Waals surface area contributed by atoms with Gasteiger partial charge in [-0.05, 0) is 43.2 Å². The number of aryl methyl sites for hydroxylation is 1. The molecule has 1 saturated heterocycles. The number of carbonyl (C=O) groups is 2. The van der Waals surface area contributed by atoms with Crippen molar-refractivity contribution in [2.45, 2.75) is 32.5 Å². The largest absolute Gasteiger partial charge is 0.493 e. The second kappa shape index (κ2) is 10.3. The summed E-state index contributed by atoms with van der Waals surface area (Å²) in [5.41, 5.74) is 7.23. The zero-order chi connectivity index (χ0) is 27.7. The summed E-state index contributed by atoms with van der Waals surface area (Å²) in [5.74, 6) is -3.93. The monoisotopic (exact) mass is 544 g/mol. The number of benzene rings is 1. The minimum atomic E-state index is -5.35. The van der Waals surface area contributed by atoms with Gasteiger partial charge in [0.05, 0.1) is 11.9 Å². The van der Waals surface area contributed by atoms with Crippen molar-refractivity contribution in [2.75, 3.05) is 23.9 Å². The highest BCUT2D eigenvalue weighted by atomic mass is 19.4. The predicted octanol–water partition coefficient (Wildman–Crippen LogP) is 3.10. The van der Waals surface area contributed by atoms with Crippen LogP contribution in [0.4, 0.5) is 24.7 Å². The molecule has 0 saturated carbocycles. The van der Waals surface area contributed by atoms with Crippen LogP contribution in [0.3, 0.4) is 0 Å². The number of hydrogen-bond acceptors (Lipinski definition) is 10. The van der Waals surface area contributed by atoms with Gasteiger partial charge in [0.25, 0.3) is 5.91 Å². The lowest BCUT2D eigenvalue weighted by atomic mass is 9.97. The van der Waals surface area contributed by atoms with Crippen LogP contribution in [0.5, 0.6) is 0 Å². The third-order valence-corrected chi connectivity index (χ3v) is 6.35. The number of alkyl halides is 3. The van der Waals surface area contributed by atoms with Crippen LogP contribution in [0.25, 0.3) is 33.8 Å². The Morgan fingerprint density at radius 2 is 1.90 bits per heavy atom. The topological polar surface area (TPSA) is 154 Å². The molecule has 0 unspecified atom stereocenters. The number of nitrogens with one attached hydrogen (secondary N) is 1. The van der Waals surface area contributed by atoms with Crippen LogP contribution in [0.15, 0.2) is 41.2 Å². The number of nitrogens with zero attached hydrogens (tertiary/aromatic N) is 6. The summed E-state index contributed by atoms with van der Waals surface area (Å²) in [6.45, 7) is 2.93. The number of anilines is 2. The Balaban J connectivity index is 1.77. The number of carbonyl (C=O) groups excluding carboxylic acids is 2. The van der Waals surface area contributed by atoms with Crippen LogP contribution in [0.2, 0.25) is 0 Å². The highest BCUT2D eigenvalue weighted by Gasteiger charge is 2.45. The molecule has 204 valence electrons. The lowest BCUT2D eigenvalue weighted by Gasteiger charge is -2.28. The molecule has 1 aliphatic rings. The molecule has 3 aromatic heterocycles. The van der Waals surface area contributed by atoms with Crippen molar-refractivity contribution < 1.29 is 32.2 Å². The summed E-state index contributed by atoms with van der Waals surface area (Å²) in [6.07, 6.45) is -3.47. The Hall–Kier alpha value is -4.53. The van der Waals surface area contributed by atoms with Gasteiger partial charge >= 0.3 is 12.1 Å². The van der Waals surface area contributed by atoms with Gasteiger partial charge in [0, 0.05) is 18.0 Å². The van der Waals surface area contributed by atoms with Gasteiger partial charge in [-0.3, -0.25) is 9.78 Å². The molecule has 1 fully saturated rings. The van der Waals surface area contributed by atoms with E-state index in [-0.39, 0.29) is 40.6 Å². The molecule has 5 rings (SSSR count). The van der Waals surface area contributed by atoms with E-state index in [4.69, 9.17) is 15.2 Å². The molecule has 39 heavy (non-hydrogen) atoms. The zero-order valence-corrected chi connectivity index (χ0v) is 20.6. The van der Waals surface area contributed by atoms with E-state index in [0.717, 1.165) is 0 Å². The molecule has 1 aromatic carbocycles. The van der Waals surface area contributed by atoms with Crippen molar-refractivity contribution in [1.29, 1.82) is 0 Å². The molecular formula is C24H23F3N8O4. The van der Waals surface area contributed by atoms with E-state index in [9.17, 15) is 22.8 Å². The number of fused-ring (bicyclic) bond motifs is 1. The van der Waals surface area contributed by atoms with Crippen LogP contribution < -0.4 is 16.1 Å². The van der Waals surface area contributed by atoms with Gasteiger partial charge in [-0.15, -0.1) is 5.06 Å². The van der Waals surface area contributed by atoms with Gasteiger partial charge in [-0.1, -0.05) is 30.3 Å². The maximum Gasteiger partial charge on any atom is 0.493 e. The van der Waals surface area contributed by atoms with Crippen LogP contribution in [-0.4, -0.2) is 56.0 Å². The van der Waals surface area contributed by atoms with Gasteiger partial charge in [-0.2, -0.15) is 13.2 Å². The molecule has 0 aliphatic carbocycles. The maximum atomic E-state index is 13.6. The molecule has 12 nitrogen and oxygen atoms in total. The minimum Gasteiger partial charge on any atom is -0.379 e. The van der Waals surface area contributed by atoms with Gasteiger partial charge in [0.1, 0.15) is 16.7 Å². The third-order valence-electron chi connectivity index (χ3n) is 6.35. The Kier molecular flexibility index (Phi) is 6.91. The van der Waals surface area contributed by atoms with E-state index in [1.54, 1.807) is 35.8 Å². The lowest BCUT2D eigenvalue weighted by Crippen LogP contribution is -2.44. The SMILES string of the molecule is CCn1c(-c2nonc2N)nc2c(-c3ccccc3)ncc(N(OC(=O)C(F)(F)F)C(=O)C3CCNCC3)c21. The molecule has 4 heterocycles. The first-order valence-corrected chi connectivity index (χ1v) is 12.1. The van der Waals surface area contributed by atoms with Crippen molar-refractivity contribution in [2.24, 2.45) is 5.92 Å². The first-order valence-electron chi connectivity index (χ1n) is 12.1. The first-order chi connectivity index (χ1) is 18.7. The lowest BCUT2D eigenvalue weighted by molar-refractivity contribution is -0.202. The number of rotatable bonds is 5. The van der Waals surface area contributed by atoms with Crippen LogP contribution >= 0.6 is 0 Å². The van der Waals surface area contributed by atoms with Crippen LogP contribution in [-0.2, 0) is 21.0 Å². The molecule has 15 heteroatoms. The number of hydrogen-bond donors (Lipinski definition) is 2. The number of imidazole rings is 1. The normalized spacial score (nSPS) is 14.5. The number of amides is 1. The molecule has 3 N–H and O–H groups in total. The molecular weight excluding hydrogens is 521 g/mol. The molecule has 1 amide bonds. The number of nitrogen functional groups attached to an aromatic ring is 1. The van der Waals surface area contributed by atoms with E-state index in [0.29, 0.717) is 42.3 Å². The second-order valence-corrected chi connectivity index (χ2v) is 8.77. The second-order valence-electron chi connectivity index (χ2n) is 8.77. The summed E-state index contributed by atoms with van der Waals surface area (Å²) < 4.78 is 46.2. The maximum absolute atomic E-state index is 13.6. The molecule has 0 spiro atoms. The smallest absolute Gasteiger partial charge is 0.379 e. The third kappa shape index (κ3) is 4.87. The van der Waals surface area contributed by atoms with Gasteiger partial charge in [0.15, 0.2) is 17.3 Å². The van der Waals surface area contributed by atoms with Crippen molar-refractivity contribution in [3.63, 3.8) is 0 Å². The Bertz CT molecular complexity index is 1510. The summed E-state index contributed by atoms with van der Waals surface area (Å²) >= 11 is 0. The summed E-state index contributed by atoms with van der Waals surface area (Å²) in [7, 11) is 0. The fourth-order valence-corrected chi connectivity index (χ4v) is 4.50.